The third-order valence-electron chi connectivity index (χ3n) is 3.08. The Morgan fingerprint density at radius 3 is 2.61 bits per heavy atom. The zero-order valence-corrected chi connectivity index (χ0v) is 10.4. The van der Waals surface area contributed by atoms with E-state index in [-0.39, 0.29) is 11.9 Å². The molecule has 18 heavy (non-hydrogen) atoms. The number of rotatable bonds is 1. The van der Waals surface area contributed by atoms with Crippen LogP contribution in [0.5, 0.6) is 5.75 Å². The van der Waals surface area contributed by atoms with E-state index in [1.54, 1.807) is 6.07 Å². The van der Waals surface area contributed by atoms with Gasteiger partial charge in [0.15, 0.2) is 5.78 Å². The number of fused-ring (bicyclic) bond motifs is 1. The summed E-state index contributed by atoms with van der Waals surface area (Å²) in [5, 5.41) is 0.634. The molecule has 1 aliphatic heterocycles. The van der Waals surface area contributed by atoms with Gasteiger partial charge in [0.05, 0.1) is 12.0 Å². The van der Waals surface area contributed by atoms with Crippen LogP contribution in [0.15, 0.2) is 48.5 Å². The Balaban J connectivity index is 2.00. The Morgan fingerprint density at radius 2 is 1.78 bits per heavy atom. The lowest BCUT2D eigenvalue weighted by Crippen LogP contribution is -2.20. The summed E-state index contributed by atoms with van der Waals surface area (Å²) in [6.45, 7) is 0. The first-order chi connectivity index (χ1) is 8.75. The van der Waals surface area contributed by atoms with E-state index in [0.29, 0.717) is 22.8 Å². The largest absolute Gasteiger partial charge is 0.484 e. The van der Waals surface area contributed by atoms with Crippen molar-refractivity contribution >= 4 is 17.4 Å². The van der Waals surface area contributed by atoms with Crippen molar-refractivity contribution in [3.8, 4) is 5.75 Å². The van der Waals surface area contributed by atoms with Gasteiger partial charge in [0, 0.05) is 10.6 Å². The lowest BCUT2D eigenvalue weighted by molar-refractivity contribution is 0.0850. The molecule has 0 aromatic heterocycles. The highest BCUT2D eigenvalue weighted by Crippen LogP contribution is 2.36. The maximum absolute atomic E-state index is 12.1. The molecule has 2 nitrogen and oxygen atoms in total. The van der Waals surface area contributed by atoms with Crippen molar-refractivity contribution in [2.24, 2.45) is 0 Å². The summed E-state index contributed by atoms with van der Waals surface area (Å²) < 4.78 is 5.86. The Kier molecular flexibility index (Phi) is 2.80. The van der Waals surface area contributed by atoms with Gasteiger partial charge in [-0.05, 0) is 18.2 Å². The highest BCUT2D eigenvalue weighted by Gasteiger charge is 2.28. The van der Waals surface area contributed by atoms with Crippen molar-refractivity contribution in [1.29, 1.82) is 0 Å². The molecule has 1 heterocycles. The van der Waals surface area contributed by atoms with E-state index < -0.39 is 0 Å². The number of ketones is 1. The summed E-state index contributed by atoms with van der Waals surface area (Å²) in [5.74, 6) is 0.737. The van der Waals surface area contributed by atoms with E-state index in [1.807, 2.05) is 42.5 Å². The van der Waals surface area contributed by atoms with Crippen LogP contribution in [-0.2, 0) is 0 Å². The molecule has 0 radical (unpaired) electrons. The van der Waals surface area contributed by atoms with Gasteiger partial charge in [-0.2, -0.15) is 0 Å². The Hall–Kier alpha value is -1.80. The monoisotopic (exact) mass is 258 g/mol. The fraction of sp³-hybridized carbons (Fsp3) is 0.133. The van der Waals surface area contributed by atoms with E-state index in [1.165, 1.54) is 0 Å². The van der Waals surface area contributed by atoms with Crippen molar-refractivity contribution in [3.05, 3.63) is 64.7 Å². The van der Waals surface area contributed by atoms with Crippen LogP contribution in [0.4, 0.5) is 0 Å². The number of hydrogen-bond acceptors (Lipinski definition) is 2. The summed E-state index contributed by atoms with van der Waals surface area (Å²) in [7, 11) is 0. The molecule has 2 aromatic carbocycles. The van der Waals surface area contributed by atoms with Gasteiger partial charge in [0.2, 0.25) is 0 Å². The number of hydrogen-bond donors (Lipinski definition) is 0. The van der Waals surface area contributed by atoms with Gasteiger partial charge in [0.25, 0.3) is 0 Å². The predicted molar refractivity (Wildman–Crippen MR) is 70.2 cm³/mol. The number of halogens is 1. The van der Waals surface area contributed by atoms with Crippen LogP contribution in [0.1, 0.15) is 28.4 Å². The highest BCUT2D eigenvalue weighted by atomic mass is 35.5. The van der Waals surface area contributed by atoms with E-state index >= 15 is 0 Å². The molecule has 0 saturated heterocycles. The number of carbonyl (C=O) groups is 1. The normalized spacial score (nSPS) is 18.1. The molecule has 1 aliphatic rings. The van der Waals surface area contributed by atoms with E-state index in [4.69, 9.17) is 16.3 Å². The lowest BCUT2D eigenvalue weighted by atomic mass is 9.96. The van der Waals surface area contributed by atoms with Gasteiger partial charge in [-0.25, -0.2) is 0 Å². The number of ether oxygens (including phenoxy) is 1. The topological polar surface area (TPSA) is 26.3 Å². The summed E-state index contributed by atoms with van der Waals surface area (Å²) in [4.78, 5) is 12.1. The summed E-state index contributed by atoms with van der Waals surface area (Å²) in [5.41, 5.74) is 1.52. The molecule has 0 fully saturated rings. The smallest absolute Gasteiger partial charge is 0.170 e. The van der Waals surface area contributed by atoms with Crippen molar-refractivity contribution in [2.75, 3.05) is 0 Å². The Bertz CT molecular complexity index is 607. The molecule has 0 N–H and O–H groups in total. The van der Waals surface area contributed by atoms with Crippen molar-refractivity contribution in [1.82, 2.24) is 0 Å². The zero-order valence-electron chi connectivity index (χ0n) is 9.60. The molecular weight excluding hydrogens is 248 g/mol. The molecule has 0 bridgehead atoms. The lowest BCUT2D eigenvalue weighted by Gasteiger charge is -2.25. The van der Waals surface area contributed by atoms with Gasteiger partial charge in [0.1, 0.15) is 11.9 Å². The minimum absolute atomic E-state index is 0.0989. The predicted octanol–water partition coefficient (Wildman–Crippen LogP) is 4.05. The van der Waals surface area contributed by atoms with E-state index in [9.17, 15) is 4.79 Å². The molecule has 3 rings (SSSR count). The number of carbonyl (C=O) groups excluding carboxylic acids is 1. The molecule has 0 aliphatic carbocycles. The van der Waals surface area contributed by atoms with Crippen molar-refractivity contribution in [3.63, 3.8) is 0 Å². The molecule has 0 unspecified atom stereocenters. The molecule has 2 aromatic rings. The second kappa shape index (κ2) is 4.46. The van der Waals surface area contributed by atoms with Crippen molar-refractivity contribution in [2.45, 2.75) is 12.5 Å². The first-order valence-corrected chi connectivity index (χ1v) is 6.17. The molecule has 3 heteroatoms. The van der Waals surface area contributed by atoms with Gasteiger partial charge in [-0.3, -0.25) is 4.79 Å². The molecule has 90 valence electrons. The average molecular weight is 259 g/mol. The third-order valence-corrected chi connectivity index (χ3v) is 3.42. The SMILES string of the molecule is O=C1C[C@@H](c2ccccc2Cl)Oc2ccccc21. The van der Waals surface area contributed by atoms with Gasteiger partial charge < -0.3 is 4.74 Å². The quantitative estimate of drug-likeness (QED) is 0.771. The zero-order chi connectivity index (χ0) is 12.5. The highest BCUT2D eigenvalue weighted by molar-refractivity contribution is 6.31. The van der Waals surface area contributed by atoms with Crippen LogP contribution < -0.4 is 4.74 Å². The molecular formula is C15H11ClO2. The molecule has 0 spiro atoms. The third kappa shape index (κ3) is 1.89. The van der Waals surface area contributed by atoms with E-state index in [0.717, 1.165) is 5.56 Å². The van der Waals surface area contributed by atoms with E-state index in [2.05, 4.69) is 0 Å². The standard InChI is InChI=1S/C15H11ClO2/c16-12-7-3-1-5-10(12)15-9-13(17)11-6-2-4-8-14(11)18-15/h1-8,15H,9H2/t15-/m0/s1. The second-order valence-electron chi connectivity index (χ2n) is 4.25. The van der Waals surface area contributed by atoms with Crippen LogP contribution in [-0.4, -0.2) is 5.78 Å². The fourth-order valence-electron chi connectivity index (χ4n) is 2.18. The van der Waals surface area contributed by atoms with Gasteiger partial charge in [-0.15, -0.1) is 0 Å². The van der Waals surface area contributed by atoms with Crippen LogP contribution in [0.3, 0.4) is 0 Å². The first-order valence-electron chi connectivity index (χ1n) is 5.79. The molecule has 0 saturated carbocycles. The number of benzene rings is 2. The maximum atomic E-state index is 12.1. The van der Waals surface area contributed by atoms with Crippen LogP contribution in [0.25, 0.3) is 0 Å². The molecule has 1 atom stereocenters. The number of Topliss-reactive ketones (excluding diaryl/α,β-unsaturated/α-hetero) is 1. The van der Waals surface area contributed by atoms with Crippen molar-refractivity contribution < 1.29 is 9.53 Å². The minimum Gasteiger partial charge on any atom is -0.484 e. The van der Waals surface area contributed by atoms with Crippen LogP contribution in [0, 0.1) is 0 Å². The minimum atomic E-state index is -0.291. The first kappa shape index (κ1) is 11.3. The Labute approximate surface area is 110 Å². The Morgan fingerprint density at radius 1 is 1.06 bits per heavy atom. The maximum Gasteiger partial charge on any atom is 0.170 e. The van der Waals surface area contributed by atoms with Gasteiger partial charge in [-0.1, -0.05) is 41.9 Å². The fourth-order valence-corrected chi connectivity index (χ4v) is 2.44. The average Bonchev–Trinajstić information content (AvgIpc) is 2.39. The number of para-hydroxylation sites is 1. The van der Waals surface area contributed by atoms with Crippen LogP contribution >= 0.6 is 11.6 Å². The summed E-state index contributed by atoms with van der Waals surface area (Å²) in [6, 6.07) is 14.8. The van der Waals surface area contributed by atoms with Crippen LogP contribution in [0.2, 0.25) is 5.02 Å². The summed E-state index contributed by atoms with van der Waals surface area (Å²) >= 11 is 6.14. The molecule has 0 amide bonds. The van der Waals surface area contributed by atoms with Gasteiger partial charge >= 0.3 is 0 Å². The second-order valence-corrected chi connectivity index (χ2v) is 4.66. The summed E-state index contributed by atoms with van der Waals surface area (Å²) in [6.07, 6.45) is 0.0434.